The Kier molecular flexibility index (Phi) is 3.33. The average molecular weight is 339 g/mol. The fourth-order valence-electron chi connectivity index (χ4n) is 3.28. The number of H-pyrrole nitrogens is 2. The van der Waals surface area contributed by atoms with Crippen molar-refractivity contribution in [2.45, 2.75) is 6.54 Å². The third-order valence-corrected chi connectivity index (χ3v) is 4.53. The van der Waals surface area contributed by atoms with Gasteiger partial charge in [0.1, 0.15) is 0 Å². The Hall–Kier alpha value is -3.44. The van der Waals surface area contributed by atoms with Gasteiger partial charge in [0.15, 0.2) is 0 Å². The molecule has 5 rings (SSSR count). The number of rotatable bonds is 1. The van der Waals surface area contributed by atoms with Crippen LogP contribution < -0.4 is 5.73 Å². The van der Waals surface area contributed by atoms with Gasteiger partial charge in [0, 0.05) is 34.2 Å². The SMILES string of the molecule is NCc1c2nc(cc3nc(cc4ccc(cc5ccc1[nH]5)[nH]4)C=C3)C=C2. The molecule has 0 unspecified atom stereocenters. The number of nitrogens with one attached hydrogen (secondary N) is 2. The lowest BCUT2D eigenvalue weighted by atomic mass is 10.2. The third-order valence-electron chi connectivity index (χ3n) is 4.53. The van der Waals surface area contributed by atoms with Crippen molar-refractivity contribution in [1.82, 2.24) is 19.9 Å². The van der Waals surface area contributed by atoms with E-state index in [1.807, 2.05) is 54.6 Å². The zero-order chi connectivity index (χ0) is 17.5. The van der Waals surface area contributed by atoms with Gasteiger partial charge in [0.25, 0.3) is 0 Å². The first-order chi connectivity index (χ1) is 12.8. The first-order valence-corrected chi connectivity index (χ1v) is 8.53. The number of aromatic amines is 2. The zero-order valence-electron chi connectivity index (χ0n) is 14.0. The van der Waals surface area contributed by atoms with Crippen molar-refractivity contribution in [2.24, 2.45) is 5.73 Å². The number of hydrogen-bond acceptors (Lipinski definition) is 3. The van der Waals surface area contributed by atoms with E-state index in [1.165, 1.54) is 0 Å². The van der Waals surface area contributed by atoms with E-state index in [0.29, 0.717) is 6.54 Å². The monoisotopic (exact) mass is 339 g/mol. The molecular formula is C21H17N5. The average Bonchev–Trinajstić information content (AvgIpc) is 3.39. The molecule has 5 heterocycles. The van der Waals surface area contributed by atoms with Gasteiger partial charge in [-0.2, -0.15) is 0 Å². The van der Waals surface area contributed by atoms with E-state index in [0.717, 1.165) is 50.4 Å². The second kappa shape index (κ2) is 5.82. The molecule has 0 amide bonds. The first kappa shape index (κ1) is 14.9. The summed E-state index contributed by atoms with van der Waals surface area (Å²) in [5, 5.41) is 0. The summed E-state index contributed by atoms with van der Waals surface area (Å²) >= 11 is 0. The fourth-order valence-corrected chi connectivity index (χ4v) is 3.28. The standard InChI is InChI=1S/C21H17N5/c22-12-19-20-7-5-17(25-20)10-15-3-1-13(23-15)9-14-2-4-16(24-14)11-18-6-8-21(19)26-18/h1-11,23,25H,12,22H2. The molecular weight excluding hydrogens is 322 g/mol. The molecule has 126 valence electrons. The van der Waals surface area contributed by atoms with Crippen LogP contribution in [0.25, 0.3) is 46.4 Å². The van der Waals surface area contributed by atoms with E-state index in [9.17, 15) is 0 Å². The molecule has 0 aliphatic carbocycles. The second-order valence-electron chi connectivity index (χ2n) is 6.36. The molecule has 4 N–H and O–H groups in total. The van der Waals surface area contributed by atoms with Crippen molar-refractivity contribution in [3.8, 4) is 0 Å². The molecule has 0 saturated heterocycles. The predicted molar refractivity (Wildman–Crippen MR) is 107 cm³/mol. The van der Waals surface area contributed by atoms with Gasteiger partial charge in [-0.3, -0.25) is 0 Å². The van der Waals surface area contributed by atoms with Gasteiger partial charge in [0.2, 0.25) is 0 Å². The smallest absolute Gasteiger partial charge is 0.0703 e. The molecule has 2 aliphatic rings. The van der Waals surface area contributed by atoms with E-state index < -0.39 is 0 Å². The van der Waals surface area contributed by atoms with Crippen LogP contribution in [0.4, 0.5) is 0 Å². The van der Waals surface area contributed by atoms with Crippen LogP contribution in [0, 0.1) is 0 Å². The molecule has 8 bridgehead atoms. The minimum Gasteiger partial charge on any atom is -0.355 e. The zero-order valence-corrected chi connectivity index (χ0v) is 14.0. The maximum absolute atomic E-state index is 6.01. The van der Waals surface area contributed by atoms with Crippen LogP contribution in [0.5, 0.6) is 0 Å². The Morgan fingerprint density at radius 2 is 1.35 bits per heavy atom. The summed E-state index contributed by atoms with van der Waals surface area (Å²) in [5.41, 5.74) is 14.6. The molecule has 0 aromatic carbocycles. The lowest BCUT2D eigenvalue weighted by molar-refractivity contribution is 1.06. The Morgan fingerprint density at radius 3 is 2.19 bits per heavy atom. The van der Waals surface area contributed by atoms with Crippen LogP contribution in [-0.4, -0.2) is 19.9 Å². The number of fused-ring (bicyclic) bond motifs is 8. The van der Waals surface area contributed by atoms with Gasteiger partial charge < -0.3 is 15.7 Å². The summed E-state index contributed by atoms with van der Waals surface area (Å²) in [6, 6.07) is 14.3. The Bertz CT molecular complexity index is 1220. The van der Waals surface area contributed by atoms with Gasteiger partial charge in [-0.05, 0) is 66.8 Å². The maximum atomic E-state index is 6.01. The predicted octanol–water partition coefficient (Wildman–Crippen LogP) is 4.11. The van der Waals surface area contributed by atoms with Crippen LogP contribution in [0.2, 0.25) is 0 Å². The highest BCUT2D eigenvalue weighted by molar-refractivity contribution is 5.79. The molecule has 3 aromatic rings. The number of nitrogens with two attached hydrogens (primary N) is 1. The van der Waals surface area contributed by atoms with Crippen molar-refractivity contribution in [3.63, 3.8) is 0 Å². The van der Waals surface area contributed by atoms with Crippen molar-refractivity contribution in [3.05, 3.63) is 70.8 Å². The van der Waals surface area contributed by atoms with Crippen molar-refractivity contribution >= 4 is 46.4 Å². The molecule has 26 heavy (non-hydrogen) atoms. The number of nitrogens with zero attached hydrogens (tertiary/aromatic N) is 2. The van der Waals surface area contributed by atoms with Gasteiger partial charge >= 0.3 is 0 Å². The van der Waals surface area contributed by atoms with Crippen molar-refractivity contribution in [1.29, 1.82) is 0 Å². The van der Waals surface area contributed by atoms with Crippen molar-refractivity contribution < 1.29 is 0 Å². The summed E-state index contributed by atoms with van der Waals surface area (Å²) in [4.78, 5) is 16.2. The summed E-state index contributed by atoms with van der Waals surface area (Å²) in [5.74, 6) is 0. The molecule has 5 heteroatoms. The first-order valence-electron chi connectivity index (χ1n) is 8.53. The third kappa shape index (κ3) is 2.64. The minimum atomic E-state index is 0.413. The van der Waals surface area contributed by atoms with Crippen LogP contribution >= 0.6 is 0 Å². The Labute approximate surface area is 150 Å². The van der Waals surface area contributed by atoms with Crippen molar-refractivity contribution in [2.75, 3.05) is 0 Å². The molecule has 3 aromatic heterocycles. The highest BCUT2D eigenvalue weighted by Gasteiger charge is 2.07. The van der Waals surface area contributed by atoms with E-state index in [-0.39, 0.29) is 0 Å². The Morgan fingerprint density at radius 1 is 0.692 bits per heavy atom. The summed E-state index contributed by atoms with van der Waals surface area (Å²) in [6.45, 7) is 0.413. The van der Waals surface area contributed by atoms with Gasteiger partial charge in [-0.1, -0.05) is 0 Å². The maximum Gasteiger partial charge on any atom is 0.0703 e. The lowest BCUT2D eigenvalue weighted by Gasteiger charge is -1.97. The van der Waals surface area contributed by atoms with Gasteiger partial charge in [-0.25, -0.2) is 9.97 Å². The van der Waals surface area contributed by atoms with Gasteiger partial charge in [0.05, 0.1) is 22.8 Å². The quantitative estimate of drug-likeness (QED) is 0.430. The molecule has 0 fully saturated rings. The number of hydrogen-bond donors (Lipinski definition) is 3. The molecule has 5 nitrogen and oxygen atoms in total. The molecule has 2 aliphatic heterocycles. The molecule has 0 atom stereocenters. The largest absolute Gasteiger partial charge is 0.355 e. The van der Waals surface area contributed by atoms with E-state index in [4.69, 9.17) is 10.7 Å². The van der Waals surface area contributed by atoms with E-state index in [2.05, 4.69) is 27.1 Å². The minimum absolute atomic E-state index is 0.413. The molecule has 0 radical (unpaired) electrons. The van der Waals surface area contributed by atoms with Crippen LogP contribution in [0.3, 0.4) is 0 Å². The van der Waals surface area contributed by atoms with E-state index >= 15 is 0 Å². The molecule has 0 spiro atoms. The normalized spacial score (nSPS) is 12.7. The lowest BCUT2D eigenvalue weighted by Crippen LogP contribution is -1.99. The summed E-state index contributed by atoms with van der Waals surface area (Å²) in [6.07, 6.45) is 8.00. The van der Waals surface area contributed by atoms with E-state index in [1.54, 1.807) is 0 Å². The van der Waals surface area contributed by atoms with Crippen LogP contribution in [0.15, 0.2) is 42.5 Å². The fraction of sp³-hybridized carbons (Fsp3) is 0.0476. The Balaban J connectivity index is 1.88. The molecule has 0 saturated carbocycles. The highest BCUT2D eigenvalue weighted by atomic mass is 14.8. The summed E-state index contributed by atoms with van der Waals surface area (Å²) in [7, 11) is 0. The van der Waals surface area contributed by atoms with Crippen LogP contribution in [-0.2, 0) is 6.54 Å². The number of aromatic nitrogens is 4. The van der Waals surface area contributed by atoms with Crippen LogP contribution in [0.1, 0.15) is 28.3 Å². The summed E-state index contributed by atoms with van der Waals surface area (Å²) < 4.78 is 0. The van der Waals surface area contributed by atoms with Gasteiger partial charge in [-0.15, -0.1) is 0 Å². The highest BCUT2D eigenvalue weighted by Crippen LogP contribution is 2.20. The topological polar surface area (TPSA) is 83.4 Å². The second-order valence-corrected chi connectivity index (χ2v) is 6.36.